The topological polar surface area (TPSA) is 92.9 Å². The van der Waals surface area contributed by atoms with Gasteiger partial charge in [-0.1, -0.05) is 0 Å². The van der Waals surface area contributed by atoms with Gasteiger partial charge < -0.3 is 10.7 Å². The molecule has 0 aromatic carbocycles. The molecule has 2 aromatic rings. The first-order valence-corrected chi connectivity index (χ1v) is 4.93. The fourth-order valence-corrected chi connectivity index (χ4v) is 1.29. The Morgan fingerprint density at radius 2 is 1.94 bits per heavy atom. The number of aromatic nitrogens is 2. The highest BCUT2D eigenvalue weighted by molar-refractivity contribution is 6.04. The molecule has 0 bridgehead atoms. The molecule has 0 unspecified atom stereocenters. The number of nitrogens with zero attached hydrogens (tertiary/aromatic N) is 2. The molecule has 6 nitrogen and oxygen atoms in total. The summed E-state index contributed by atoms with van der Waals surface area (Å²) in [6, 6.07) is 6.59. The van der Waals surface area contributed by atoms with Crippen molar-refractivity contribution in [1.29, 1.82) is 0 Å². The standard InChI is InChI=1S/C11H11N5O/c12-16-10-7-8(1-6-14-10)11(17)15-9-2-4-13-5-3-9/h1-7H,12H2,(H,14,16)(H,13,15,17). The van der Waals surface area contributed by atoms with Gasteiger partial charge in [-0.05, 0) is 24.3 Å². The molecular weight excluding hydrogens is 218 g/mol. The largest absolute Gasteiger partial charge is 0.322 e. The Bertz CT molecular complexity index is 514. The van der Waals surface area contributed by atoms with Crippen molar-refractivity contribution in [2.24, 2.45) is 5.84 Å². The third kappa shape index (κ3) is 2.76. The zero-order valence-corrected chi connectivity index (χ0v) is 8.92. The molecule has 17 heavy (non-hydrogen) atoms. The number of amides is 1. The number of carbonyl (C=O) groups is 1. The summed E-state index contributed by atoms with van der Waals surface area (Å²) in [5.41, 5.74) is 3.55. The Labute approximate surface area is 97.9 Å². The van der Waals surface area contributed by atoms with Gasteiger partial charge in [0.15, 0.2) is 0 Å². The van der Waals surface area contributed by atoms with Crippen LogP contribution in [-0.2, 0) is 0 Å². The minimum Gasteiger partial charge on any atom is -0.322 e. The molecule has 4 N–H and O–H groups in total. The number of nitrogens with two attached hydrogens (primary N) is 1. The molecule has 86 valence electrons. The van der Waals surface area contributed by atoms with Crippen molar-refractivity contribution in [1.82, 2.24) is 9.97 Å². The van der Waals surface area contributed by atoms with E-state index in [4.69, 9.17) is 5.84 Å². The van der Waals surface area contributed by atoms with Crippen molar-refractivity contribution < 1.29 is 4.79 Å². The zero-order chi connectivity index (χ0) is 12.1. The van der Waals surface area contributed by atoms with E-state index >= 15 is 0 Å². The van der Waals surface area contributed by atoms with Gasteiger partial charge in [-0.3, -0.25) is 9.78 Å². The first kappa shape index (κ1) is 11.0. The second-order valence-electron chi connectivity index (χ2n) is 3.26. The molecule has 0 aliphatic rings. The van der Waals surface area contributed by atoms with Crippen molar-refractivity contribution >= 4 is 17.4 Å². The van der Waals surface area contributed by atoms with Gasteiger partial charge in [0.05, 0.1) is 0 Å². The zero-order valence-electron chi connectivity index (χ0n) is 8.92. The van der Waals surface area contributed by atoms with Gasteiger partial charge in [0.25, 0.3) is 5.91 Å². The van der Waals surface area contributed by atoms with Crippen LogP contribution in [0.3, 0.4) is 0 Å². The maximum absolute atomic E-state index is 11.9. The van der Waals surface area contributed by atoms with Gasteiger partial charge in [0.1, 0.15) is 5.82 Å². The van der Waals surface area contributed by atoms with E-state index < -0.39 is 0 Å². The molecule has 0 radical (unpaired) electrons. The van der Waals surface area contributed by atoms with Crippen molar-refractivity contribution in [3.05, 3.63) is 48.4 Å². The molecule has 0 aliphatic heterocycles. The van der Waals surface area contributed by atoms with Crippen LogP contribution in [0.1, 0.15) is 10.4 Å². The number of hydrogen-bond donors (Lipinski definition) is 3. The van der Waals surface area contributed by atoms with Crippen LogP contribution < -0.4 is 16.6 Å². The monoisotopic (exact) mass is 229 g/mol. The fourth-order valence-electron chi connectivity index (χ4n) is 1.29. The third-order valence-electron chi connectivity index (χ3n) is 2.11. The smallest absolute Gasteiger partial charge is 0.255 e. The molecule has 2 heterocycles. The van der Waals surface area contributed by atoms with Gasteiger partial charge in [-0.2, -0.15) is 0 Å². The highest BCUT2D eigenvalue weighted by atomic mass is 16.1. The second kappa shape index (κ2) is 5.04. The highest BCUT2D eigenvalue weighted by Gasteiger charge is 2.06. The third-order valence-corrected chi connectivity index (χ3v) is 2.11. The summed E-state index contributed by atoms with van der Waals surface area (Å²) in [5, 5.41) is 2.73. The van der Waals surface area contributed by atoms with Crippen LogP contribution in [0.15, 0.2) is 42.9 Å². The lowest BCUT2D eigenvalue weighted by Crippen LogP contribution is -2.14. The minimum atomic E-state index is -0.227. The van der Waals surface area contributed by atoms with E-state index in [9.17, 15) is 4.79 Å². The number of nitrogen functional groups attached to an aromatic ring is 1. The summed E-state index contributed by atoms with van der Waals surface area (Å²) in [5.74, 6) is 5.43. The first-order valence-electron chi connectivity index (χ1n) is 4.93. The van der Waals surface area contributed by atoms with Crippen LogP contribution in [0, 0.1) is 0 Å². The summed E-state index contributed by atoms with van der Waals surface area (Å²) < 4.78 is 0. The second-order valence-corrected chi connectivity index (χ2v) is 3.26. The Kier molecular flexibility index (Phi) is 3.27. The summed E-state index contributed by atoms with van der Waals surface area (Å²) in [7, 11) is 0. The molecule has 2 rings (SSSR count). The van der Waals surface area contributed by atoms with Crippen molar-refractivity contribution in [2.75, 3.05) is 10.7 Å². The summed E-state index contributed by atoms with van der Waals surface area (Å²) in [6.07, 6.45) is 4.72. The number of pyridine rings is 2. The van der Waals surface area contributed by atoms with Crippen LogP contribution in [0.4, 0.5) is 11.5 Å². The quantitative estimate of drug-likeness (QED) is 0.539. The summed E-state index contributed by atoms with van der Waals surface area (Å²) in [4.78, 5) is 19.6. The predicted octanol–water partition coefficient (Wildman–Crippen LogP) is 1.01. The van der Waals surface area contributed by atoms with Gasteiger partial charge in [0.2, 0.25) is 0 Å². The number of rotatable bonds is 3. The van der Waals surface area contributed by atoms with Crippen LogP contribution in [0.2, 0.25) is 0 Å². The lowest BCUT2D eigenvalue weighted by Gasteiger charge is -2.05. The maximum Gasteiger partial charge on any atom is 0.255 e. The Morgan fingerprint density at radius 1 is 1.18 bits per heavy atom. The Balaban J connectivity index is 2.14. The molecule has 0 spiro atoms. The highest BCUT2D eigenvalue weighted by Crippen LogP contribution is 2.09. The molecule has 0 aliphatic carbocycles. The number of carbonyl (C=O) groups excluding carboxylic acids is 1. The van der Waals surface area contributed by atoms with E-state index in [2.05, 4.69) is 20.7 Å². The van der Waals surface area contributed by atoms with Gasteiger partial charge >= 0.3 is 0 Å². The van der Waals surface area contributed by atoms with Gasteiger partial charge in [0, 0.05) is 29.8 Å². The SMILES string of the molecule is NNc1cc(C(=O)Nc2ccncc2)ccn1. The molecule has 2 aromatic heterocycles. The Morgan fingerprint density at radius 3 is 2.65 bits per heavy atom. The molecule has 1 amide bonds. The molecule has 0 saturated carbocycles. The molecular formula is C11H11N5O. The van der Waals surface area contributed by atoms with Crippen LogP contribution in [0.25, 0.3) is 0 Å². The Hall–Kier alpha value is -2.47. The van der Waals surface area contributed by atoms with Crippen molar-refractivity contribution in [3.8, 4) is 0 Å². The number of anilines is 2. The molecule has 0 atom stereocenters. The molecule has 6 heteroatoms. The molecule has 0 saturated heterocycles. The summed E-state index contributed by atoms with van der Waals surface area (Å²) >= 11 is 0. The van der Waals surface area contributed by atoms with E-state index in [1.54, 1.807) is 36.7 Å². The number of hydrogen-bond acceptors (Lipinski definition) is 5. The van der Waals surface area contributed by atoms with E-state index in [1.165, 1.54) is 6.20 Å². The maximum atomic E-state index is 11.9. The number of hydrazine groups is 1. The van der Waals surface area contributed by atoms with E-state index in [-0.39, 0.29) is 5.91 Å². The summed E-state index contributed by atoms with van der Waals surface area (Å²) in [6.45, 7) is 0. The fraction of sp³-hybridized carbons (Fsp3) is 0. The van der Waals surface area contributed by atoms with E-state index in [1.807, 2.05) is 0 Å². The lowest BCUT2D eigenvalue weighted by molar-refractivity contribution is 0.102. The van der Waals surface area contributed by atoms with E-state index in [0.717, 1.165) is 0 Å². The van der Waals surface area contributed by atoms with Gasteiger partial charge in [-0.25, -0.2) is 10.8 Å². The van der Waals surface area contributed by atoms with Crippen LogP contribution in [-0.4, -0.2) is 15.9 Å². The van der Waals surface area contributed by atoms with Crippen LogP contribution in [0.5, 0.6) is 0 Å². The normalized spacial score (nSPS) is 9.71. The average Bonchev–Trinajstić information content (AvgIpc) is 2.40. The minimum absolute atomic E-state index is 0.227. The lowest BCUT2D eigenvalue weighted by atomic mass is 10.2. The predicted molar refractivity (Wildman–Crippen MR) is 64.2 cm³/mol. The number of nitrogens with one attached hydrogen (secondary N) is 2. The van der Waals surface area contributed by atoms with E-state index in [0.29, 0.717) is 17.1 Å². The van der Waals surface area contributed by atoms with Gasteiger partial charge in [-0.15, -0.1) is 0 Å². The average molecular weight is 229 g/mol. The van der Waals surface area contributed by atoms with Crippen molar-refractivity contribution in [3.63, 3.8) is 0 Å². The van der Waals surface area contributed by atoms with Crippen LogP contribution >= 0.6 is 0 Å². The van der Waals surface area contributed by atoms with Crippen molar-refractivity contribution in [2.45, 2.75) is 0 Å². The molecule has 0 fully saturated rings. The first-order chi connectivity index (χ1) is 8.29.